The van der Waals surface area contributed by atoms with Crippen LogP contribution in [0.2, 0.25) is 0 Å². The van der Waals surface area contributed by atoms with Gasteiger partial charge in [0.15, 0.2) is 0 Å². The Labute approximate surface area is 73.5 Å². The third-order valence-electron chi connectivity index (χ3n) is 1.95. The van der Waals surface area contributed by atoms with E-state index < -0.39 is 0 Å². The maximum Gasteiger partial charge on any atom is 0.0702 e. The van der Waals surface area contributed by atoms with Gasteiger partial charge in [-0.2, -0.15) is 0 Å². The molecule has 0 saturated heterocycles. The van der Waals surface area contributed by atoms with Crippen molar-refractivity contribution in [1.29, 1.82) is 0 Å². The first-order valence-corrected chi connectivity index (χ1v) is 4.35. The van der Waals surface area contributed by atoms with Gasteiger partial charge in [0.2, 0.25) is 0 Å². The molecule has 2 nitrogen and oxygen atoms in total. The van der Waals surface area contributed by atoms with Crippen LogP contribution in [0, 0.1) is 0 Å². The van der Waals surface area contributed by atoms with Crippen molar-refractivity contribution in [3.05, 3.63) is 23.3 Å². The van der Waals surface area contributed by atoms with Gasteiger partial charge in [-0.15, -0.1) is 0 Å². The van der Waals surface area contributed by atoms with Crippen LogP contribution in [0.25, 0.3) is 0 Å². The predicted octanol–water partition coefficient (Wildman–Crippen LogP) is 1.66. The molecule has 0 amide bonds. The van der Waals surface area contributed by atoms with Gasteiger partial charge in [-0.1, -0.05) is 17.7 Å². The van der Waals surface area contributed by atoms with Crippen molar-refractivity contribution >= 4 is 0 Å². The van der Waals surface area contributed by atoms with Crippen LogP contribution in [0.15, 0.2) is 23.3 Å². The lowest BCUT2D eigenvalue weighted by atomic mass is 10.0. The molecule has 0 aromatic heterocycles. The lowest BCUT2D eigenvalue weighted by Crippen LogP contribution is -2.04. The zero-order chi connectivity index (χ0) is 8.81. The molecular weight excluding hydrogens is 152 g/mol. The van der Waals surface area contributed by atoms with Gasteiger partial charge in [-0.25, -0.2) is 0 Å². The van der Waals surface area contributed by atoms with Crippen molar-refractivity contribution in [2.45, 2.75) is 19.8 Å². The lowest BCUT2D eigenvalue weighted by molar-refractivity contribution is 0.107. The van der Waals surface area contributed by atoms with E-state index in [0.29, 0.717) is 13.2 Å². The third-order valence-corrected chi connectivity index (χ3v) is 1.95. The van der Waals surface area contributed by atoms with Crippen LogP contribution in [0.4, 0.5) is 0 Å². The average Bonchev–Trinajstić information content (AvgIpc) is 2.09. The summed E-state index contributed by atoms with van der Waals surface area (Å²) >= 11 is 0. The fraction of sp³-hybridized carbons (Fsp3) is 0.600. The van der Waals surface area contributed by atoms with Crippen molar-refractivity contribution in [3.63, 3.8) is 0 Å². The van der Waals surface area contributed by atoms with Crippen LogP contribution in [0.5, 0.6) is 0 Å². The van der Waals surface area contributed by atoms with Crippen LogP contribution in [-0.4, -0.2) is 24.9 Å². The zero-order valence-electron chi connectivity index (χ0n) is 7.55. The molecule has 1 aliphatic rings. The zero-order valence-corrected chi connectivity index (χ0v) is 7.55. The first-order valence-electron chi connectivity index (χ1n) is 4.35. The van der Waals surface area contributed by atoms with Crippen LogP contribution in [0.1, 0.15) is 19.8 Å². The Kier molecular flexibility index (Phi) is 4.05. The van der Waals surface area contributed by atoms with E-state index in [1.54, 1.807) is 0 Å². The fourth-order valence-electron chi connectivity index (χ4n) is 1.16. The molecule has 68 valence electrons. The van der Waals surface area contributed by atoms with E-state index in [4.69, 9.17) is 9.84 Å². The van der Waals surface area contributed by atoms with Crippen molar-refractivity contribution in [2.75, 3.05) is 19.8 Å². The SMILES string of the molecule is CC1=CCC(COCCO)=CC1. The standard InChI is InChI=1S/C10H16O2/c1-9-2-4-10(5-3-9)8-12-7-6-11/h2,5,11H,3-4,6-8H2,1H3. The molecule has 1 aliphatic carbocycles. The minimum atomic E-state index is 0.113. The summed E-state index contributed by atoms with van der Waals surface area (Å²) in [5.41, 5.74) is 2.76. The van der Waals surface area contributed by atoms with Crippen molar-refractivity contribution in [3.8, 4) is 0 Å². The minimum absolute atomic E-state index is 0.113. The minimum Gasteiger partial charge on any atom is -0.394 e. The molecule has 0 aliphatic heterocycles. The highest BCUT2D eigenvalue weighted by atomic mass is 16.5. The molecule has 0 aromatic carbocycles. The number of ether oxygens (including phenoxy) is 1. The number of hydrogen-bond acceptors (Lipinski definition) is 2. The highest BCUT2D eigenvalue weighted by Gasteiger charge is 2.01. The quantitative estimate of drug-likeness (QED) is 0.511. The molecule has 0 heterocycles. The molecule has 0 unspecified atom stereocenters. The molecule has 0 radical (unpaired) electrons. The fourth-order valence-corrected chi connectivity index (χ4v) is 1.16. The second-order valence-electron chi connectivity index (χ2n) is 3.10. The van der Waals surface area contributed by atoms with Gasteiger partial charge in [0.25, 0.3) is 0 Å². The summed E-state index contributed by atoms with van der Waals surface area (Å²) in [6, 6.07) is 0. The van der Waals surface area contributed by atoms with Gasteiger partial charge in [0, 0.05) is 0 Å². The maximum atomic E-state index is 8.48. The van der Waals surface area contributed by atoms with E-state index in [1.165, 1.54) is 11.1 Å². The van der Waals surface area contributed by atoms with E-state index in [9.17, 15) is 0 Å². The summed E-state index contributed by atoms with van der Waals surface area (Å²) in [5, 5.41) is 8.48. The summed E-state index contributed by atoms with van der Waals surface area (Å²) in [7, 11) is 0. The molecule has 12 heavy (non-hydrogen) atoms. The average molecular weight is 168 g/mol. The van der Waals surface area contributed by atoms with Crippen molar-refractivity contribution < 1.29 is 9.84 Å². The Hall–Kier alpha value is -0.600. The summed E-state index contributed by atoms with van der Waals surface area (Å²) in [4.78, 5) is 0. The molecule has 1 rings (SSSR count). The predicted molar refractivity (Wildman–Crippen MR) is 49.0 cm³/mol. The topological polar surface area (TPSA) is 29.5 Å². The van der Waals surface area contributed by atoms with Crippen LogP contribution < -0.4 is 0 Å². The largest absolute Gasteiger partial charge is 0.394 e. The first kappa shape index (κ1) is 9.49. The van der Waals surface area contributed by atoms with Crippen molar-refractivity contribution in [1.82, 2.24) is 0 Å². The Morgan fingerprint density at radius 2 is 2.25 bits per heavy atom. The van der Waals surface area contributed by atoms with Gasteiger partial charge in [-0.05, 0) is 25.3 Å². The second kappa shape index (κ2) is 5.12. The van der Waals surface area contributed by atoms with E-state index in [0.717, 1.165) is 12.8 Å². The van der Waals surface area contributed by atoms with Crippen molar-refractivity contribution in [2.24, 2.45) is 0 Å². The number of rotatable bonds is 4. The monoisotopic (exact) mass is 168 g/mol. The smallest absolute Gasteiger partial charge is 0.0702 e. The summed E-state index contributed by atoms with van der Waals surface area (Å²) in [6.45, 7) is 3.37. The number of hydrogen-bond donors (Lipinski definition) is 1. The lowest BCUT2D eigenvalue weighted by Gasteiger charge is -2.11. The van der Waals surface area contributed by atoms with E-state index in [-0.39, 0.29) is 6.61 Å². The van der Waals surface area contributed by atoms with Crippen LogP contribution in [0.3, 0.4) is 0 Å². The van der Waals surface area contributed by atoms with E-state index in [2.05, 4.69) is 19.1 Å². The Bertz CT molecular complexity index is 192. The molecule has 0 aromatic rings. The number of allylic oxidation sites excluding steroid dienone is 3. The molecular formula is C10H16O2. The Morgan fingerprint density at radius 1 is 1.42 bits per heavy atom. The molecule has 0 spiro atoms. The van der Waals surface area contributed by atoms with Gasteiger partial charge >= 0.3 is 0 Å². The number of aliphatic hydroxyl groups excluding tert-OH is 1. The van der Waals surface area contributed by atoms with Gasteiger partial charge in [0.05, 0.1) is 19.8 Å². The molecule has 0 fully saturated rings. The molecule has 0 bridgehead atoms. The molecule has 0 saturated carbocycles. The maximum absolute atomic E-state index is 8.48. The summed E-state index contributed by atoms with van der Waals surface area (Å²) < 4.78 is 5.21. The van der Waals surface area contributed by atoms with Crippen LogP contribution >= 0.6 is 0 Å². The van der Waals surface area contributed by atoms with Gasteiger partial charge in [-0.3, -0.25) is 0 Å². The summed E-state index contributed by atoms with van der Waals surface area (Å²) in [5.74, 6) is 0. The normalized spacial score (nSPS) is 17.2. The van der Waals surface area contributed by atoms with Gasteiger partial charge < -0.3 is 9.84 Å². The van der Waals surface area contributed by atoms with Gasteiger partial charge in [0.1, 0.15) is 0 Å². The molecule has 1 N–H and O–H groups in total. The molecule has 2 heteroatoms. The Balaban J connectivity index is 2.18. The summed E-state index contributed by atoms with van der Waals surface area (Å²) in [6.07, 6.45) is 6.51. The first-order chi connectivity index (χ1) is 5.83. The molecule has 0 atom stereocenters. The van der Waals surface area contributed by atoms with Crippen LogP contribution in [-0.2, 0) is 4.74 Å². The van der Waals surface area contributed by atoms with E-state index in [1.807, 2.05) is 0 Å². The number of aliphatic hydroxyl groups is 1. The van der Waals surface area contributed by atoms with E-state index >= 15 is 0 Å². The highest BCUT2D eigenvalue weighted by molar-refractivity contribution is 5.20. The third kappa shape index (κ3) is 3.20. The Morgan fingerprint density at radius 3 is 2.83 bits per heavy atom. The highest BCUT2D eigenvalue weighted by Crippen LogP contribution is 2.16. The second-order valence-corrected chi connectivity index (χ2v) is 3.10.